The molecule has 2 rings (SSSR count). The Morgan fingerprint density at radius 3 is 2.73 bits per heavy atom. The number of carbonyl (C=O) groups is 1. The summed E-state index contributed by atoms with van der Waals surface area (Å²) in [5.74, 6) is 1.88. The highest BCUT2D eigenvalue weighted by molar-refractivity contribution is 5.74. The molecule has 0 aliphatic heterocycles. The van der Waals surface area contributed by atoms with Gasteiger partial charge >= 0.3 is 6.03 Å². The molecule has 2 aromatic rings. The first-order valence-electron chi connectivity index (χ1n) is 8.42. The van der Waals surface area contributed by atoms with Gasteiger partial charge in [0.25, 0.3) is 0 Å². The molecule has 0 bridgehead atoms. The number of rotatable bonds is 8. The molecule has 26 heavy (non-hydrogen) atoms. The maximum Gasteiger partial charge on any atom is 0.315 e. The van der Waals surface area contributed by atoms with Crippen molar-refractivity contribution in [2.75, 3.05) is 20.8 Å². The summed E-state index contributed by atoms with van der Waals surface area (Å²) in [6, 6.07) is 8.64. The van der Waals surface area contributed by atoms with E-state index in [1.807, 2.05) is 38.1 Å². The third-order valence-corrected chi connectivity index (χ3v) is 3.83. The van der Waals surface area contributed by atoms with Crippen molar-refractivity contribution in [3.05, 3.63) is 47.7 Å². The van der Waals surface area contributed by atoms with E-state index in [9.17, 15) is 4.79 Å². The zero-order chi connectivity index (χ0) is 18.9. The number of benzene rings is 1. The van der Waals surface area contributed by atoms with Gasteiger partial charge in [-0.05, 0) is 32.0 Å². The van der Waals surface area contributed by atoms with E-state index in [2.05, 4.69) is 15.6 Å². The number of carbonyl (C=O) groups excluding carboxylic acids is 1. The number of hydrogen-bond donors (Lipinski definition) is 2. The molecule has 0 saturated heterocycles. The second-order valence-corrected chi connectivity index (χ2v) is 5.56. The fourth-order valence-electron chi connectivity index (χ4n) is 2.50. The summed E-state index contributed by atoms with van der Waals surface area (Å²) in [5.41, 5.74) is 1.68. The molecule has 0 aliphatic carbocycles. The van der Waals surface area contributed by atoms with E-state index in [0.717, 1.165) is 11.1 Å². The molecule has 1 aromatic heterocycles. The van der Waals surface area contributed by atoms with Crippen LogP contribution in [0.15, 0.2) is 36.5 Å². The predicted octanol–water partition coefficient (Wildman–Crippen LogP) is 3.06. The highest BCUT2D eigenvalue weighted by Crippen LogP contribution is 2.29. The largest absolute Gasteiger partial charge is 0.497 e. The first kappa shape index (κ1) is 19.4. The lowest BCUT2D eigenvalue weighted by molar-refractivity contribution is 0.237. The normalized spacial score (nSPS) is 11.4. The predicted molar refractivity (Wildman–Crippen MR) is 98.7 cm³/mol. The molecule has 1 unspecified atom stereocenters. The van der Waals surface area contributed by atoms with Crippen molar-refractivity contribution in [2.24, 2.45) is 0 Å². The van der Waals surface area contributed by atoms with Crippen LogP contribution in [0.25, 0.3) is 0 Å². The van der Waals surface area contributed by atoms with Crippen LogP contribution in [0.3, 0.4) is 0 Å². The van der Waals surface area contributed by atoms with Crippen molar-refractivity contribution in [1.82, 2.24) is 15.6 Å². The summed E-state index contributed by atoms with van der Waals surface area (Å²) in [4.78, 5) is 16.4. The van der Waals surface area contributed by atoms with E-state index < -0.39 is 0 Å². The Hall–Kier alpha value is -2.96. The third-order valence-electron chi connectivity index (χ3n) is 3.83. The van der Waals surface area contributed by atoms with Crippen LogP contribution in [0.4, 0.5) is 4.79 Å². The zero-order valence-corrected chi connectivity index (χ0v) is 15.5. The van der Waals surface area contributed by atoms with Crippen LogP contribution in [0.2, 0.25) is 0 Å². The Labute approximate surface area is 153 Å². The SMILES string of the molecule is CCOc1ncccc1CNC(=O)NC(C)c1ccc(OC)cc1OC. The van der Waals surface area contributed by atoms with Gasteiger partial charge in [0.2, 0.25) is 5.88 Å². The second kappa shape index (κ2) is 9.50. The summed E-state index contributed by atoms with van der Waals surface area (Å²) in [6.45, 7) is 4.62. The minimum absolute atomic E-state index is 0.240. The monoisotopic (exact) mass is 359 g/mol. The van der Waals surface area contributed by atoms with Crippen LogP contribution < -0.4 is 24.8 Å². The Morgan fingerprint density at radius 2 is 2.04 bits per heavy atom. The molecule has 1 atom stereocenters. The number of ether oxygens (including phenoxy) is 3. The minimum Gasteiger partial charge on any atom is -0.497 e. The summed E-state index contributed by atoms with van der Waals surface area (Å²) in [5, 5.41) is 5.72. The van der Waals surface area contributed by atoms with Gasteiger partial charge in [-0.1, -0.05) is 6.07 Å². The maximum atomic E-state index is 12.2. The lowest BCUT2D eigenvalue weighted by atomic mass is 10.1. The molecule has 140 valence electrons. The van der Waals surface area contributed by atoms with Crippen molar-refractivity contribution in [3.8, 4) is 17.4 Å². The molecule has 2 N–H and O–H groups in total. The van der Waals surface area contributed by atoms with E-state index in [1.165, 1.54) is 0 Å². The summed E-state index contributed by atoms with van der Waals surface area (Å²) in [6.07, 6.45) is 1.66. The molecular weight excluding hydrogens is 334 g/mol. The van der Waals surface area contributed by atoms with E-state index in [1.54, 1.807) is 26.5 Å². The molecule has 0 saturated carbocycles. The Balaban J connectivity index is 1.98. The number of hydrogen-bond acceptors (Lipinski definition) is 5. The fourth-order valence-corrected chi connectivity index (χ4v) is 2.50. The molecule has 2 amide bonds. The molecule has 1 heterocycles. The third kappa shape index (κ3) is 5.02. The van der Waals surface area contributed by atoms with Gasteiger partial charge in [0, 0.05) is 29.9 Å². The quantitative estimate of drug-likeness (QED) is 0.757. The van der Waals surface area contributed by atoms with E-state index >= 15 is 0 Å². The summed E-state index contributed by atoms with van der Waals surface area (Å²) in [7, 11) is 3.18. The smallest absolute Gasteiger partial charge is 0.315 e. The van der Waals surface area contributed by atoms with Crippen molar-refractivity contribution < 1.29 is 19.0 Å². The fraction of sp³-hybridized carbons (Fsp3) is 0.368. The molecular formula is C19H25N3O4. The highest BCUT2D eigenvalue weighted by Gasteiger charge is 2.15. The Bertz CT molecular complexity index is 736. The van der Waals surface area contributed by atoms with Gasteiger partial charge in [0.15, 0.2) is 0 Å². The maximum absolute atomic E-state index is 12.2. The van der Waals surface area contributed by atoms with Gasteiger partial charge in [-0.15, -0.1) is 0 Å². The van der Waals surface area contributed by atoms with Gasteiger partial charge in [-0.2, -0.15) is 0 Å². The number of amides is 2. The number of methoxy groups -OCH3 is 2. The zero-order valence-electron chi connectivity index (χ0n) is 15.5. The molecule has 0 fully saturated rings. The van der Waals surface area contributed by atoms with Crippen molar-refractivity contribution in [3.63, 3.8) is 0 Å². The van der Waals surface area contributed by atoms with Gasteiger partial charge in [-0.25, -0.2) is 9.78 Å². The van der Waals surface area contributed by atoms with Gasteiger partial charge in [-0.3, -0.25) is 0 Å². The highest BCUT2D eigenvalue weighted by atomic mass is 16.5. The number of nitrogens with one attached hydrogen (secondary N) is 2. The van der Waals surface area contributed by atoms with Crippen molar-refractivity contribution >= 4 is 6.03 Å². The summed E-state index contributed by atoms with van der Waals surface area (Å²) >= 11 is 0. The second-order valence-electron chi connectivity index (χ2n) is 5.56. The molecule has 7 heteroatoms. The lowest BCUT2D eigenvalue weighted by Crippen LogP contribution is -2.36. The topological polar surface area (TPSA) is 81.7 Å². The van der Waals surface area contributed by atoms with E-state index in [4.69, 9.17) is 14.2 Å². The van der Waals surface area contributed by atoms with Crippen LogP contribution >= 0.6 is 0 Å². The van der Waals surface area contributed by atoms with E-state index in [0.29, 0.717) is 30.5 Å². The van der Waals surface area contributed by atoms with Crippen LogP contribution in [-0.4, -0.2) is 31.8 Å². The Kier molecular flexibility index (Phi) is 7.08. The summed E-state index contributed by atoms with van der Waals surface area (Å²) < 4.78 is 16.0. The molecule has 7 nitrogen and oxygen atoms in total. The van der Waals surface area contributed by atoms with Gasteiger partial charge < -0.3 is 24.8 Å². The molecule has 0 aliphatic rings. The van der Waals surface area contributed by atoms with Crippen molar-refractivity contribution in [1.29, 1.82) is 0 Å². The van der Waals surface area contributed by atoms with Crippen LogP contribution in [0, 0.1) is 0 Å². The first-order chi connectivity index (χ1) is 12.6. The van der Waals surface area contributed by atoms with Crippen LogP contribution in [0.5, 0.6) is 17.4 Å². The van der Waals surface area contributed by atoms with Gasteiger partial charge in [0.05, 0.1) is 26.9 Å². The molecule has 0 radical (unpaired) electrons. The van der Waals surface area contributed by atoms with E-state index in [-0.39, 0.29) is 12.1 Å². The minimum atomic E-state index is -0.290. The molecule has 1 aromatic carbocycles. The number of nitrogens with zero attached hydrogens (tertiary/aromatic N) is 1. The van der Waals surface area contributed by atoms with Gasteiger partial charge in [0.1, 0.15) is 11.5 Å². The van der Waals surface area contributed by atoms with Crippen LogP contribution in [0.1, 0.15) is 31.0 Å². The lowest BCUT2D eigenvalue weighted by Gasteiger charge is -2.18. The number of urea groups is 1. The standard InChI is InChI=1S/C19H25N3O4/c1-5-26-18-14(7-6-10-20-18)12-21-19(23)22-13(2)16-9-8-15(24-3)11-17(16)25-4/h6-11,13H,5,12H2,1-4H3,(H2,21,22,23). The molecule has 0 spiro atoms. The average molecular weight is 359 g/mol. The Morgan fingerprint density at radius 1 is 1.23 bits per heavy atom. The van der Waals surface area contributed by atoms with Crippen molar-refractivity contribution in [2.45, 2.75) is 26.4 Å². The number of pyridine rings is 1. The van der Waals surface area contributed by atoms with Crippen LogP contribution in [-0.2, 0) is 6.54 Å². The average Bonchev–Trinajstić information content (AvgIpc) is 2.66. The number of aromatic nitrogens is 1. The first-order valence-corrected chi connectivity index (χ1v) is 8.42.